The average molecular weight is 363 g/mol. The molecule has 0 saturated heterocycles. The van der Waals surface area contributed by atoms with Crippen molar-refractivity contribution in [3.63, 3.8) is 0 Å². The minimum absolute atomic E-state index is 0.00147. The molecule has 1 aromatic carbocycles. The standard InChI is InChI=1S/C20H26FNO4/c1-14(2)25-18(23)8-10-20(13-22,11-9-19(24)26-15(3)4)16-6-5-7-17(21)12-16/h5-7,12,14-15H,8-11H2,1-4H3. The van der Waals surface area contributed by atoms with Crippen LogP contribution in [0.1, 0.15) is 58.9 Å². The summed E-state index contributed by atoms with van der Waals surface area (Å²) in [6.45, 7) is 6.96. The van der Waals surface area contributed by atoms with Gasteiger partial charge in [-0.15, -0.1) is 0 Å². The Morgan fingerprint density at radius 1 is 1.08 bits per heavy atom. The second kappa shape index (κ2) is 9.91. The first kappa shape index (κ1) is 21.6. The molecule has 0 amide bonds. The van der Waals surface area contributed by atoms with Crippen molar-refractivity contribution in [3.8, 4) is 6.07 Å². The Kier molecular flexibility index (Phi) is 8.24. The number of ether oxygens (including phenoxy) is 2. The summed E-state index contributed by atoms with van der Waals surface area (Å²) in [5, 5.41) is 9.83. The molecule has 0 spiro atoms. The zero-order chi connectivity index (χ0) is 19.7. The van der Waals surface area contributed by atoms with Crippen LogP contribution >= 0.6 is 0 Å². The van der Waals surface area contributed by atoms with Crippen molar-refractivity contribution >= 4 is 11.9 Å². The van der Waals surface area contributed by atoms with E-state index in [9.17, 15) is 19.2 Å². The van der Waals surface area contributed by atoms with Gasteiger partial charge in [0.1, 0.15) is 5.82 Å². The van der Waals surface area contributed by atoms with Gasteiger partial charge in [-0.3, -0.25) is 9.59 Å². The highest BCUT2D eigenvalue weighted by Crippen LogP contribution is 2.34. The highest BCUT2D eigenvalue weighted by molar-refractivity contribution is 5.71. The molecule has 0 aromatic heterocycles. The third-order valence-corrected chi connectivity index (χ3v) is 3.84. The number of rotatable bonds is 9. The van der Waals surface area contributed by atoms with Crippen LogP contribution in [-0.4, -0.2) is 24.1 Å². The zero-order valence-electron chi connectivity index (χ0n) is 15.8. The number of hydrogen-bond donors (Lipinski definition) is 0. The van der Waals surface area contributed by atoms with E-state index in [1.165, 1.54) is 18.2 Å². The van der Waals surface area contributed by atoms with Crippen LogP contribution in [0.5, 0.6) is 0 Å². The molecule has 0 unspecified atom stereocenters. The molecule has 0 heterocycles. The molecule has 26 heavy (non-hydrogen) atoms. The molecule has 0 atom stereocenters. The monoisotopic (exact) mass is 363 g/mol. The Morgan fingerprint density at radius 2 is 1.58 bits per heavy atom. The van der Waals surface area contributed by atoms with E-state index < -0.39 is 23.2 Å². The molecular formula is C20H26FNO4. The van der Waals surface area contributed by atoms with Crippen molar-refractivity contribution in [1.82, 2.24) is 0 Å². The first-order valence-electron chi connectivity index (χ1n) is 8.75. The Bertz CT molecular complexity index is 638. The quantitative estimate of drug-likeness (QED) is 0.619. The first-order chi connectivity index (χ1) is 12.2. The van der Waals surface area contributed by atoms with Gasteiger partial charge in [0.25, 0.3) is 0 Å². The lowest BCUT2D eigenvalue weighted by molar-refractivity contribution is -0.147. The molecule has 1 rings (SSSR count). The average Bonchev–Trinajstić information content (AvgIpc) is 2.54. The van der Waals surface area contributed by atoms with Crippen LogP contribution in [-0.2, 0) is 24.5 Å². The van der Waals surface area contributed by atoms with Gasteiger partial charge >= 0.3 is 11.9 Å². The summed E-state index contributed by atoms with van der Waals surface area (Å²) in [6, 6.07) is 7.89. The Hall–Kier alpha value is -2.42. The fraction of sp³-hybridized carbons (Fsp3) is 0.550. The minimum Gasteiger partial charge on any atom is -0.463 e. The summed E-state index contributed by atoms with van der Waals surface area (Å²) in [6.07, 6.45) is -0.243. The minimum atomic E-state index is -1.17. The maximum Gasteiger partial charge on any atom is 0.306 e. The lowest BCUT2D eigenvalue weighted by Gasteiger charge is -2.27. The van der Waals surface area contributed by atoms with Crippen molar-refractivity contribution in [3.05, 3.63) is 35.6 Å². The number of nitriles is 1. The van der Waals surface area contributed by atoms with Crippen molar-refractivity contribution < 1.29 is 23.5 Å². The number of hydrogen-bond acceptors (Lipinski definition) is 5. The maximum atomic E-state index is 13.7. The van der Waals surface area contributed by atoms with Crippen LogP contribution in [0.2, 0.25) is 0 Å². The van der Waals surface area contributed by atoms with Crippen LogP contribution in [0.25, 0.3) is 0 Å². The van der Waals surface area contributed by atoms with Crippen LogP contribution in [0.3, 0.4) is 0 Å². The van der Waals surface area contributed by atoms with E-state index in [1.807, 2.05) is 0 Å². The number of benzene rings is 1. The topological polar surface area (TPSA) is 76.4 Å². The number of halogens is 1. The third-order valence-electron chi connectivity index (χ3n) is 3.84. The van der Waals surface area contributed by atoms with Gasteiger partial charge in [0, 0.05) is 12.8 Å². The van der Waals surface area contributed by atoms with Crippen LogP contribution in [0.4, 0.5) is 4.39 Å². The van der Waals surface area contributed by atoms with Gasteiger partial charge in [0.15, 0.2) is 0 Å². The summed E-state index contributed by atoms with van der Waals surface area (Å²) in [5.74, 6) is -1.33. The van der Waals surface area contributed by atoms with E-state index in [0.717, 1.165) is 0 Å². The Labute approximate surface area is 154 Å². The highest BCUT2D eigenvalue weighted by atomic mass is 19.1. The first-order valence-corrected chi connectivity index (χ1v) is 8.75. The molecule has 1 aromatic rings. The third kappa shape index (κ3) is 6.83. The summed E-state index contributed by atoms with van der Waals surface area (Å²) >= 11 is 0. The molecule has 6 heteroatoms. The lowest BCUT2D eigenvalue weighted by Crippen LogP contribution is -2.28. The molecule has 0 radical (unpaired) electrons. The summed E-state index contributed by atoms with van der Waals surface area (Å²) in [7, 11) is 0. The molecule has 0 fully saturated rings. The molecule has 5 nitrogen and oxygen atoms in total. The number of esters is 2. The molecule has 0 saturated carbocycles. The van der Waals surface area contributed by atoms with E-state index >= 15 is 0 Å². The number of nitrogens with zero attached hydrogens (tertiary/aromatic N) is 1. The van der Waals surface area contributed by atoms with Gasteiger partial charge in [-0.25, -0.2) is 4.39 Å². The Morgan fingerprint density at radius 3 is 1.96 bits per heavy atom. The fourth-order valence-corrected chi connectivity index (χ4v) is 2.65. The van der Waals surface area contributed by atoms with E-state index in [-0.39, 0.29) is 37.9 Å². The summed E-state index contributed by atoms with van der Waals surface area (Å²) in [5.41, 5.74) is -0.733. The van der Waals surface area contributed by atoms with Crippen molar-refractivity contribution in [2.45, 2.75) is 71.0 Å². The zero-order valence-corrected chi connectivity index (χ0v) is 15.8. The second-order valence-corrected chi connectivity index (χ2v) is 6.78. The normalized spacial score (nSPS) is 11.3. The predicted molar refractivity (Wildman–Crippen MR) is 94.6 cm³/mol. The fourth-order valence-electron chi connectivity index (χ4n) is 2.65. The van der Waals surface area contributed by atoms with Gasteiger partial charge in [0.05, 0.1) is 23.7 Å². The van der Waals surface area contributed by atoms with Crippen molar-refractivity contribution in [2.24, 2.45) is 0 Å². The SMILES string of the molecule is CC(C)OC(=O)CCC(C#N)(CCC(=O)OC(C)C)c1cccc(F)c1. The van der Waals surface area contributed by atoms with Crippen molar-refractivity contribution in [1.29, 1.82) is 5.26 Å². The van der Waals surface area contributed by atoms with Gasteiger partial charge in [-0.1, -0.05) is 12.1 Å². The van der Waals surface area contributed by atoms with E-state index in [0.29, 0.717) is 5.56 Å². The van der Waals surface area contributed by atoms with Gasteiger partial charge in [-0.2, -0.15) is 5.26 Å². The lowest BCUT2D eigenvalue weighted by atomic mass is 9.74. The maximum absolute atomic E-state index is 13.7. The van der Waals surface area contributed by atoms with Gasteiger partial charge < -0.3 is 9.47 Å². The molecule has 0 aliphatic carbocycles. The summed E-state index contributed by atoms with van der Waals surface area (Å²) in [4.78, 5) is 23.8. The number of carbonyl (C=O) groups excluding carboxylic acids is 2. The Balaban J connectivity index is 3.00. The van der Waals surface area contributed by atoms with Crippen LogP contribution in [0, 0.1) is 17.1 Å². The smallest absolute Gasteiger partial charge is 0.306 e. The molecule has 0 aliphatic rings. The molecule has 0 bridgehead atoms. The second-order valence-electron chi connectivity index (χ2n) is 6.78. The molecule has 142 valence electrons. The predicted octanol–water partition coefficient (Wildman–Crippen LogP) is 4.05. The number of carbonyl (C=O) groups is 2. The van der Waals surface area contributed by atoms with Crippen LogP contribution < -0.4 is 0 Å². The molecular weight excluding hydrogens is 337 g/mol. The molecule has 0 N–H and O–H groups in total. The van der Waals surface area contributed by atoms with E-state index in [1.54, 1.807) is 33.8 Å². The van der Waals surface area contributed by atoms with Crippen LogP contribution in [0.15, 0.2) is 24.3 Å². The van der Waals surface area contributed by atoms with E-state index in [4.69, 9.17) is 9.47 Å². The highest BCUT2D eigenvalue weighted by Gasteiger charge is 2.34. The molecule has 0 aliphatic heterocycles. The van der Waals surface area contributed by atoms with E-state index in [2.05, 4.69) is 6.07 Å². The van der Waals surface area contributed by atoms with Crippen molar-refractivity contribution in [2.75, 3.05) is 0 Å². The summed E-state index contributed by atoms with van der Waals surface area (Å²) < 4.78 is 23.9. The van der Waals surface area contributed by atoms with Gasteiger partial charge in [0.2, 0.25) is 0 Å². The largest absolute Gasteiger partial charge is 0.463 e. The van der Waals surface area contributed by atoms with Gasteiger partial charge in [-0.05, 0) is 58.2 Å².